The molecule has 14 heavy (non-hydrogen) atoms. The maximum Gasteiger partial charge on any atom is 0.0962 e. The van der Waals surface area contributed by atoms with Gasteiger partial charge in [-0.2, -0.15) is 0 Å². The van der Waals surface area contributed by atoms with Gasteiger partial charge in [-0.1, -0.05) is 19.3 Å². The highest BCUT2D eigenvalue weighted by atomic mass is 16.6. The Balaban J connectivity index is 1.77. The molecule has 0 bridgehead atoms. The number of rotatable bonds is 4. The molecular weight excluding hydrogens is 178 g/mol. The van der Waals surface area contributed by atoms with Crippen LogP contribution in [0.2, 0.25) is 0 Å². The fourth-order valence-electron chi connectivity index (χ4n) is 2.28. The average Bonchev–Trinajstić information content (AvgIpc) is 2.18. The Kier molecular flexibility index (Phi) is 3.79. The molecule has 1 aliphatic heterocycles. The van der Waals surface area contributed by atoms with Crippen LogP contribution in [0.5, 0.6) is 0 Å². The third kappa shape index (κ3) is 2.47. The van der Waals surface area contributed by atoms with Gasteiger partial charge >= 0.3 is 0 Å². The first-order valence-corrected chi connectivity index (χ1v) is 5.76. The van der Waals surface area contributed by atoms with Crippen molar-refractivity contribution in [3.8, 4) is 0 Å². The lowest BCUT2D eigenvalue weighted by molar-refractivity contribution is -0.104. The molecule has 0 spiro atoms. The van der Waals surface area contributed by atoms with Gasteiger partial charge in [-0.15, -0.1) is 0 Å². The molecular formula is C11H21NO2. The topological polar surface area (TPSA) is 30.5 Å². The Bertz CT molecular complexity index is 165. The van der Waals surface area contributed by atoms with Crippen molar-refractivity contribution >= 4 is 0 Å². The standard InChI is InChI=1S/C11H21NO2/c1-12-10(7-9-3-2-4-9)11-8-13-5-6-14-11/h9-12H,2-8H2,1H3. The molecule has 2 unspecified atom stereocenters. The van der Waals surface area contributed by atoms with Crippen LogP contribution in [0, 0.1) is 5.92 Å². The third-order valence-electron chi connectivity index (χ3n) is 3.47. The summed E-state index contributed by atoms with van der Waals surface area (Å²) in [4.78, 5) is 0. The van der Waals surface area contributed by atoms with E-state index in [0.717, 1.165) is 25.7 Å². The molecule has 0 aromatic rings. The number of hydrogen-bond acceptors (Lipinski definition) is 3. The molecule has 0 amide bonds. The predicted octanol–water partition coefficient (Wildman–Crippen LogP) is 1.18. The summed E-state index contributed by atoms with van der Waals surface area (Å²) in [5, 5.41) is 3.37. The summed E-state index contributed by atoms with van der Waals surface area (Å²) in [6.07, 6.45) is 5.76. The van der Waals surface area contributed by atoms with Crippen LogP contribution in [0.15, 0.2) is 0 Å². The van der Waals surface area contributed by atoms with Gasteiger partial charge in [-0.25, -0.2) is 0 Å². The summed E-state index contributed by atoms with van der Waals surface area (Å²) in [6.45, 7) is 2.28. The highest BCUT2D eigenvalue weighted by Gasteiger charge is 2.28. The summed E-state index contributed by atoms with van der Waals surface area (Å²) in [5.74, 6) is 0.929. The zero-order chi connectivity index (χ0) is 9.80. The second-order valence-electron chi connectivity index (χ2n) is 4.41. The summed E-state index contributed by atoms with van der Waals surface area (Å²) >= 11 is 0. The molecule has 1 N–H and O–H groups in total. The monoisotopic (exact) mass is 199 g/mol. The van der Waals surface area contributed by atoms with E-state index in [1.54, 1.807) is 0 Å². The first-order chi connectivity index (χ1) is 6.90. The summed E-state index contributed by atoms with van der Waals surface area (Å²) in [5.41, 5.74) is 0. The maximum atomic E-state index is 5.71. The molecule has 0 aromatic heterocycles. The van der Waals surface area contributed by atoms with Crippen molar-refractivity contribution in [2.75, 3.05) is 26.9 Å². The smallest absolute Gasteiger partial charge is 0.0962 e. The molecule has 0 aromatic carbocycles. The van der Waals surface area contributed by atoms with E-state index in [1.807, 2.05) is 7.05 Å². The lowest BCUT2D eigenvalue weighted by Crippen LogP contribution is -2.46. The van der Waals surface area contributed by atoms with E-state index >= 15 is 0 Å². The van der Waals surface area contributed by atoms with Gasteiger partial charge in [-0.3, -0.25) is 0 Å². The van der Waals surface area contributed by atoms with Crippen LogP contribution in [0.1, 0.15) is 25.7 Å². The molecule has 2 aliphatic rings. The largest absolute Gasteiger partial charge is 0.376 e. The van der Waals surface area contributed by atoms with Gasteiger partial charge in [0.15, 0.2) is 0 Å². The Morgan fingerprint density at radius 3 is 2.71 bits per heavy atom. The Hall–Kier alpha value is -0.120. The SMILES string of the molecule is CNC(CC1CCC1)C1COCCO1. The minimum absolute atomic E-state index is 0.273. The van der Waals surface area contributed by atoms with Crippen LogP contribution >= 0.6 is 0 Å². The highest BCUT2D eigenvalue weighted by molar-refractivity contribution is 4.83. The quantitative estimate of drug-likeness (QED) is 0.737. The first kappa shape index (κ1) is 10.4. The van der Waals surface area contributed by atoms with Crippen molar-refractivity contribution in [3.63, 3.8) is 0 Å². The maximum absolute atomic E-state index is 5.71. The minimum Gasteiger partial charge on any atom is -0.376 e. The Morgan fingerprint density at radius 1 is 1.36 bits per heavy atom. The van der Waals surface area contributed by atoms with E-state index in [9.17, 15) is 0 Å². The van der Waals surface area contributed by atoms with E-state index in [2.05, 4.69) is 5.32 Å². The third-order valence-corrected chi connectivity index (χ3v) is 3.47. The van der Waals surface area contributed by atoms with Crippen molar-refractivity contribution in [2.24, 2.45) is 5.92 Å². The van der Waals surface area contributed by atoms with Crippen molar-refractivity contribution in [1.29, 1.82) is 0 Å². The number of likely N-dealkylation sites (N-methyl/N-ethyl adjacent to an activating group) is 1. The van der Waals surface area contributed by atoms with Gasteiger partial charge < -0.3 is 14.8 Å². The van der Waals surface area contributed by atoms with Crippen LogP contribution in [-0.4, -0.2) is 39.0 Å². The zero-order valence-corrected chi connectivity index (χ0v) is 9.00. The van der Waals surface area contributed by atoms with Gasteiger partial charge in [0, 0.05) is 6.04 Å². The normalized spacial score (nSPS) is 31.1. The zero-order valence-electron chi connectivity index (χ0n) is 9.00. The molecule has 3 nitrogen and oxygen atoms in total. The van der Waals surface area contributed by atoms with Crippen molar-refractivity contribution in [1.82, 2.24) is 5.32 Å². The second-order valence-corrected chi connectivity index (χ2v) is 4.41. The first-order valence-electron chi connectivity index (χ1n) is 5.76. The number of ether oxygens (including phenoxy) is 2. The molecule has 2 rings (SSSR count). The average molecular weight is 199 g/mol. The lowest BCUT2D eigenvalue weighted by Gasteiger charge is -2.35. The van der Waals surface area contributed by atoms with E-state index in [0.29, 0.717) is 6.04 Å². The molecule has 2 fully saturated rings. The van der Waals surface area contributed by atoms with Crippen LogP contribution in [0.25, 0.3) is 0 Å². The molecule has 1 saturated carbocycles. The van der Waals surface area contributed by atoms with Crippen molar-refractivity contribution in [3.05, 3.63) is 0 Å². The number of hydrogen-bond donors (Lipinski definition) is 1. The van der Waals surface area contributed by atoms with Crippen LogP contribution in [-0.2, 0) is 9.47 Å². The van der Waals surface area contributed by atoms with Crippen LogP contribution in [0.4, 0.5) is 0 Å². The van der Waals surface area contributed by atoms with E-state index in [4.69, 9.17) is 9.47 Å². The molecule has 1 heterocycles. The van der Waals surface area contributed by atoms with Crippen molar-refractivity contribution in [2.45, 2.75) is 37.8 Å². The Morgan fingerprint density at radius 2 is 2.21 bits per heavy atom. The van der Waals surface area contributed by atoms with Gasteiger partial charge in [0.25, 0.3) is 0 Å². The Labute approximate surface area is 86.2 Å². The molecule has 82 valence electrons. The van der Waals surface area contributed by atoms with E-state index < -0.39 is 0 Å². The summed E-state index contributed by atoms with van der Waals surface area (Å²) in [6, 6.07) is 0.487. The van der Waals surface area contributed by atoms with Gasteiger partial charge in [0.2, 0.25) is 0 Å². The fourth-order valence-corrected chi connectivity index (χ4v) is 2.28. The van der Waals surface area contributed by atoms with Crippen molar-refractivity contribution < 1.29 is 9.47 Å². The van der Waals surface area contributed by atoms with E-state index in [-0.39, 0.29) is 6.10 Å². The van der Waals surface area contributed by atoms with Gasteiger partial charge in [-0.05, 0) is 19.4 Å². The summed E-state index contributed by atoms with van der Waals surface area (Å²) < 4.78 is 11.1. The molecule has 3 heteroatoms. The molecule has 2 atom stereocenters. The molecule has 1 aliphatic carbocycles. The van der Waals surface area contributed by atoms with E-state index in [1.165, 1.54) is 25.7 Å². The summed E-state index contributed by atoms with van der Waals surface area (Å²) in [7, 11) is 2.03. The lowest BCUT2D eigenvalue weighted by atomic mass is 9.80. The van der Waals surface area contributed by atoms with Crippen LogP contribution < -0.4 is 5.32 Å². The van der Waals surface area contributed by atoms with Gasteiger partial charge in [0.1, 0.15) is 0 Å². The molecule has 1 saturated heterocycles. The minimum atomic E-state index is 0.273. The molecule has 0 radical (unpaired) electrons. The number of nitrogens with one attached hydrogen (secondary N) is 1. The highest BCUT2D eigenvalue weighted by Crippen LogP contribution is 2.31. The fraction of sp³-hybridized carbons (Fsp3) is 1.00. The predicted molar refractivity (Wildman–Crippen MR) is 55.4 cm³/mol. The second kappa shape index (κ2) is 5.10. The van der Waals surface area contributed by atoms with Gasteiger partial charge in [0.05, 0.1) is 25.9 Å². The van der Waals surface area contributed by atoms with Crippen LogP contribution in [0.3, 0.4) is 0 Å².